The van der Waals surface area contributed by atoms with E-state index in [0.717, 1.165) is 4.90 Å². The molecule has 0 fully saturated rings. The summed E-state index contributed by atoms with van der Waals surface area (Å²) in [6.45, 7) is 0. The number of carbonyl (C=O) groups is 2. The van der Waals surface area contributed by atoms with Crippen molar-refractivity contribution in [2.45, 2.75) is 4.90 Å². The number of amides is 2. The van der Waals surface area contributed by atoms with Gasteiger partial charge in [0.05, 0.1) is 27.1 Å². The zero-order valence-electron chi connectivity index (χ0n) is 18.0. The summed E-state index contributed by atoms with van der Waals surface area (Å²) in [6.07, 6.45) is 0. The first-order valence-corrected chi connectivity index (χ1v) is 10.7. The van der Waals surface area contributed by atoms with Crippen LogP contribution in [0, 0.1) is 0 Å². The van der Waals surface area contributed by atoms with Crippen LogP contribution in [0.15, 0.2) is 71.6 Å². The first-order chi connectivity index (χ1) is 15.5. The summed E-state index contributed by atoms with van der Waals surface area (Å²) in [6, 6.07) is 19.4. The van der Waals surface area contributed by atoms with Crippen molar-refractivity contribution in [3.05, 3.63) is 72.3 Å². The van der Waals surface area contributed by atoms with E-state index in [9.17, 15) is 9.59 Å². The second-order valence-electron chi connectivity index (χ2n) is 6.65. The quantitative estimate of drug-likeness (QED) is 0.458. The monoisotopic (exact) mass is 452 g/mol. The van der Waals surface area contributed by atoms with E-state index in [4.69, 9.17) is 14.2 Å². The van der Waals surface area contributed by atoms with E-state index in [1.807, 2.05) is 18.2 Å². The Hall–Kier alpha value is -3.65. The van der Waals surface area contributed by atoms with Crippen molar-refractivity contribution in [1.82, 2.24) is 0 Å². The molecule has 0 aliphatic carbocycles. The van der Waals surface area contributed by atoms with Crippen LogP contribution in [-0.4, -0.2) is 38.9 Å². The summed E-state index contributed by atoms with van der Waals surface area (Å²) in [5, 5.41) is 5.71. The lowest BCUT2D eigenvalue weighted by Gasteiger charge is -2.10. The predicted molar refractivity (Wildman–Crippen MR) is 126 cm³/mol. The Morgan fingerprint density at radius 3 is 2.03 bits per heavy atom. The molecule has 7 nitrogen and oxygen atoms in total. The standard InChI is InChI=1S/C24H24N2O5S/c1-29-19-9-7-16(8-10-19)24(28)26-17-5-4-6-22(13-17)32-15-23(27)25-18-11-20(30-2)14-21(12-18)31-3/h4-14H,15H2,1-3H3,(H,25,27)(H,26,28). The first kappa shape index (κ1) is 23.0. The smallest absolute Gasteiger partial charge is 0.255 e. The lowest BCUT2D eigenvalue weighted by molar-refractivity contribution is -0.113. The van der Waals surface area contributed by atoms with Gasteiger partial charge in [-0.25, -0.2) is 0 Å². The zero-order valence-corrected chi connectivity index (χ0v) is 18.8. The number of nitrogens with one attached hydrogen (secondary N) is 2. The molecule has 32 heavy (non-hydrogen) atoms. The van der Waals surface area contributed by atoms with E-state index in [-0.39, 0.29) is 17.6 Å². The third kappa shape index (κ3) is 6.42. The van der Waals surface area contributed by atoms with Crippen LogP contribution in [0.1, 0.15) is 10.4 Å². The fraction of sp³-hybridized carbons (Fsp3) is 0.167. The van der Waals surface area contributed by atoms with Gasteiger partial charge in [0, 0.05) is 40.0 Å². The molecule has 0 aliphatic heterocycles. The lowest BCUT2D eigenvalue weighted by atomic mass is 10.2. The summed E-state index contributed by atoms with van der Waals surface area (Å²) in [5.41, 5.74) is 1.76. The molecule has 0 atom stereocenters. The van der Waals surface area contributed by atoms with Gasteiger partial charge in [0.15, 0.2) is 0 Å². The molecule has 0 spiro atoms. The van der Waals surface area contributed by atoms with Crippen molar-refractivity contribution in [2.24, 2.45) is 0 Å². The molecule has 0 unspecified atom stereocenters. The molecule has 0 aromatic heterocycles. The van der Waals surface area contributed by atoms with Crippen LogP contribution in [-0.2, 0) is 4.79 Å². The first-order valence-electron chi connectivity index (χ1n) is 9.72. The molecule has 3 aromatic carbocycles. The molecule has 0 saturated carbocycles. The van der Waals surface area contributed by atoms with Crippen molar-refractivity contribution >= 4 is 35.0 Å². The van der Waals surface area contributed by atoms with E-state index in [0.29, 0.717) is 34.2 Å². The van der Waals surface area contributed by atoms with Gasteiger partial charge < -0.3 is 24.8 Å². The molecular weight excluding hydrogens is 428 g/mol. The number of hydrogen-bond donors (Lipinski definition) is 2. The minimum Gasteiger partial charge on any atom is -0.497 e. The number of rotatable bonds is 9. The largest absolute Gasteiger partial charge is 0.497 e. The maximum absolute atomic E-state index is 12.5. The number of hydrogen-bond acceptors (Lipinski definition) is 6. The van der Waals surface area contributed by atoms with Crippen LogP contribution in [0.2, 0.25) is 0 Å². The molecule has 2 amide bonds. The topological polar surface area (TPSA) is 85.9 Å². The Morgan fingerprint density at radius 2 is 1.41 bits per heavy atom. The Morgan fingerprint density at radius 1 is 0.750 bits per heavy atom. The SMILES string of the molecule is COc1ccc(C(=O)Nc2cccc(SCC(=O)Nc3cc(OC)cc(OC)c3)c2)cc1. The Balaban J connectivity index is 1.57. The molecule has 8 heteroatoms. The van der Waals surface area contributed by atoms with Gasteiger partial charge in [-0.05, 0) is 42.5 Å². The molecule has 2 N–H and O–H groups in total. The van der Waals surface area contributed by atoms with Gasteiger partial charge in [0.25, 0.3) is 5.91 Å². The van der Waals surface area contributed by atoms with Gasteiger partial charge in [-0.15, -0.1) is 11.8 Å². The number of carbonyl (C=O) groups excluding carboxylic acids is 2. The van der Waals surface area contributed by atoms with E-state index < -0.39 is 0 Å². The maximum Gasteiger partial charge on any atom is 0.255 e. The minimum absolute atomic E-state index is 0.169. The van der Waals surface area contributed by atoms with Gasteiger partial charge in [0.2, 0.25) is 5.91 Å². The second kappa shape index (κ2) is 11.1. The Bertz CT molecular complexity index is 1060. The molecule has 0 aliphatic rings. The molecule has 166 valence electrons. The number of methoxy groups -OCH3 is 3. The molecule has 0 bridgehead atoms. The summed E-state index contributed by atoms with van der Waals surface area (Å²) in [7, 11) is 4.68. The van der Waals surface area contributed by atoms with E-state index in [1.165, 1.54) is 11.8 Å². The van der Waals surface area contributed by atoms with Crippen molar-refractivity contribution < 1.29 is 23.8 Å². The van der Waals surface area contributed by atoms with Crippen molar-refractivity contribution in [1.29, 1.82) is 0 Å². The van der Waals surface area contributed by atoms with Crippen molar-refractivity contribution in [3.8, 4) is 17.2 Å². The highest BCUT2D eigenvalue weighted by Gasteiger charge is 2.09. The van der Waals surface area contributed by atoms with Gasteiger partial charge in [-0.3, -0.25) is 9.59 Å². The zero-order chi connectivity index (χ0) is 22.9. The number of ether oxygens (including phenoxy) is 3. The lowest BCUT2D eigenvalue weighted by Crippen LogP contribution is -2.14. The van der Waals surface area contributed by atoms with Crippen molar-refractivity contribution in [2.75, 3.05) is 37.7 Å². The van der Waals surface area contributed by atoms with Gasteiger partial charge in [-0.1, -0.05) is 6.07 Å². The van der Waals surface area contributed by atoms with Gasteiger partial charge >= 0.3 is 0 Å². The maximum atomic E-state index is 12.5. The highest BCUT2D eigenvalue weighted by molar-refractivity contribution is 8.00. The Kier molecular flexibility index (Phi) is 7.99. The number of benzene rings is 3. The van der Waals surface area contributed by atoms with Crippen LogP contribution in [0.5, 0.6) is 17.2 Å². The average molecular weight is 453 g/mol. The molecule has 3 aromatic rings. The normalized spacial score (nSPS) is 10.2. The highest BCUT2D eigenvalue weighted by Crippen LogP contribution is 2.27. The van der Waals surface area contributed by atoms with Crippen LogP contribution in [0.3, 0.4) is 0 Å². The predicted octanol–water partition coefficient (Wildman–Crippen LogP) is 4.70. The van der Waals surface area contributed by atoms with Gasteiger partial charge in [0.1, 0.15) is 17.2 Å². The summed E-state index contributed by atoms with van der Waals surface area (Å²) in [4.78, 5) is 25.7. The van der Waals surface area contributed by atoms with Crippen LogP contribution in [0.4, 0.5) is 11.4 Å². The molecule has 3 rings (SSSR count). The number of thioether (sulfide) groups is 1. The second-order valence-corrected chi connectivity index (χ2v) is 7.70. The summed E-state index contributed by atoms with van der Waals surface area (Å²) < 4.78 is 15.5. The Labute approximate surface area is 191 Å². The average Bonchev–Trinajstić information content (AvgIpc) is 2.82. The molecule has 0 saturated heterocycles. The highest BCUT2D eigenvalue weighted by atomic mass is 32.2. The van der Waals surface area contributed by atoms with E-state index in [1.54, 1.807) is 69.9 Å². The van der Waals surface area contributed by atoms with Crippen molar-refractivity contribution in [3.63, 3.8) is 0 Å². The van der Waals surface area contributed by atoms with Crippen LogP contribution >= 0.6 is 11.8 Å². The van der Waals surface area contributed by atoms with E-state index >= 15 is 0 Å². The van der Waals surface area contributed by atoms with Crippen LogP contribution < -0.4 is 24.8 Å². The molecule has 0 heterocycles. The minimum atomic E-state index is -0.223. The summed E-state index contributed by atoms with van der Waals surface area (Å²) in [5.74, 6) is 1.68. The fourth-order valence-corrected chi connectivity index (χ4v) is 3.59. The fourth-order valence-electron chi connectivity index (χ4n) is 2.83. The molecule has 0 radical (unpaired) electrons. The summed E-state index contributed by atoms with van der Waals surface area (Å²) >= 11 is 1.37. The van der Waals surface area contributed by atoms with E-state index in [2.05, 4.69) is 10.6 Å². The third-order valence-electron chi connectivity index (χ3n) is 4.45. The molecular formula is C24H24N2O5S. The number of anilines is 2. The van der Waals surface area contributed by atoms with Gasteiger partial charge in [-0.2, -0.15) is 0 Å². The van der Waals surface area contributed by atoms with Crippen LogP contribution in [0.25, 0.3) is 0 Å². The third-order valence-corrected chi connectivity index (χ3v) is 5.44.